The van der Waals surface area contributed by atoms with Crippen molar-refractivity contribution in [3.63, 3.8) is 0 Å². The quantitative estimate of drug-likeness (QED) is 0.747. The summed E-state index contributed by atoms with van der Waals surface area (Å²) in [7, 11) is 0. The van der Waals surface area contributed by atoms with Crippen molar-refractivity contribution in [2.45, 2.75) is 51.6 Å². The molecule has 5 nitrogen and oxygen atoms in total. The van der Waals surface area contributed by atoms with Crippen molar-refractivity contribution in [1.82, 2.24) is 25.1 Å². The summed E-state index contributed by atoms with van der Waals surface area (Å²) in [5, 5.41) is 12.1. The third kappa shape index (κ3) is 4.35. The highest BCUT2D eigenvalue weighted by Gasteiger charge is 2.31. The predicted molar refractivity (Wildman–Crippen MR) is 108 cm³/mol. The molecule has 5 heteroatoms. The van der Waals surface area contributed by atoms with Crippen molar-refractivity contribution in [1.29, 1.82) is 0 Å². The van der Waals surface area contributed by atoms with Crippen LogP contribution in [-0.4, -0.2) is 44.2 Å². The lowest BCUT2D eigenvalue weighted by Gasteiger charge is -2.35. The largest absolute Gasteiger partial charge is 0.301 e. The molecule has 0 radical (unpaired) electrons. The number of nitrogens with zero attached hydrogens (tertiary/aromatic N) is 5. The highest BCUT2D eigenvalue weighted by atomic mass is 15.6. The molecule has 1 aromatic carbocycles. The Morgan fingerprint density at radius 3 is 2.67 bits per heavy atom. The zero-order valence-electron chi connectivity index (χ0n) is 16.2. The van der Waals surface area contributed by atoms with Crippen LogP contribution in [0.1, 0.15) is 44.6 Å². The van der Waals surface area contributed by atoms with Gasteiger partial charge in [0.05, 0.1) is 6.54 Å². The van der Waals surface area contributed by atoms with E-state index in [1.165, 1.54) is 49.8 Å². The van der Waals surface area contributed by atoms with E-state index in [0.717, 1.165) is 25.4 Å². The van der Waals surface area contributed by atoms with Crippen LogP contribution in [0.25, 0.3) is 5.57 Å². The number of likely N-dealkylation sites (tertiary alicyclic amines) is 1. The molecule has 1 saturated heterocycles. The molecule has 0 saturated carbocycles. The number of benzene rings is 1. The lowest BCUT2D eigenvalue weighted by Crippen LogP contribution is -2.33. The normalized spacial score (nSPS) is 25.7. The van der Waals surface area contributed by atoms with Gasteiger partial charge in [-0.25, -0.2) is 0 Å². The fourth-order valence-electron chi connectivity index (χ4n) is 4.36. The van der Waals surface area contributed by atoms with Crippen molar-refractivity contribution in [2.24, 2.45) is 5.41 Å². The first-order chi connectivity index (χ1) is 13.2. The van der Waals surface area contributed by atoms with Crippen molar-refractivity contribution in [3.8, 4) is 0 Å². The fourth-order valence-corrected chi connectivity index (χ4v) is 4.36. The molecule has 1 fully saturated rings. The van der Waals surface area contributed by atoms with Crippen LogP contribution >= 0.6 is 0 Å². The topological polar surface area (TPSA) is 46.8 Å². The van der Waals surface area contributed by atoms with E-state index >= 15 is 0 Å². The highest BCUT2D eigenvalue weighted by molar-refractivity contribution is 5.75. The molecule has 2 aromatic rings. The van der Waals surface area contributed by atoms with E-state index in [4.69, 9.17) is 0 Å². The van der Waals surface area contributed by atoms with Crippen molar-refractivity contribution >= 4 is 5.57 Å². The van der Waals surface area contributed by atoms with Gasteiger partial charge in [0.25, 0.3) is 0 Å². The number of aryl methyl sites for hydroxylation is 1. The van der Waals surface area contributed by atoms with Crippen molar-refractivity contribution in [3.05, 3.63) is 60.5 Å². The van der Waals surface area contributed by atoms with Gasteiger partial charge in [-0.3, -0.25) is 0 Å². The molecule has 142 valence electrons. The molecular formula is C22H29N5. The standard InChI is InChI=1S/C22H29N5/c1-19-6-5-15-26(19)16-13-22(14-17-27-24-18-23-25-27)11-9-21(10-12-22)20-7-3-2-4-8-20/h2-4,7-11,18-19H,5-6,12-17H2,1H3/t19?,22-/m0/s1. The Labute approximate surface area is 161 Å². The molecule has 4 rings (SSSR count). The molecule has 1 aromatic heterocycles. The second-order valence-electron chi connectivity index (χ2n) is 7.98. The number of aromatic nitrogens is 4. The van der Waals surface area contributed by atoms with Crippen molar-refractivity contribution < 1.29 is 0 Å². The minimum absolute atomic E-state index is 0.175. The molecule has 2 aliphatic rings. The van der Waals surface area contributed by atoms with Crippen LogP contribution in [0.2, 0.25) is 0 Å². The summed E-state index contributed by atoms with van der Waals surface area (Å²) in [6.07, 6.45) is 14.7. The van der Waals surface area contributed by atoms with Gasteiger partial charge in [0, 0.05) is 6.04 Å². The Kier molecular flexibility index (Phi) is 5.48. The number of rotatable bonds is 7. The molecule has 1 aliphatic heterocycles. The van der Waals surface area contributed by atoms with Crippen LogP contribution in [0.5, 0.6) is 0 Å². The molecule has 27 heavy (non-hydrogen) atoms. The first-order valence-electron chi connectivity index (χ1n) is 10.1. The van der Waals surface area contributed by atoms with Gasteiger partial charge in [-0.05, 0) is 73.9 Å². The van der Waals surface area contributed by atoms with Gasteiger partial charge in [-0.2, -0.15) is 4.80 Å². The molecule has 0 N–H and O–H groups in total. The number of tetrazole rings is 1. The summed E-state index contributed by atoms with van der Waals surface area (Å²) in [6.45, 7) is 5.60. The molecular weight excluding hydrogens is 334 g/mol. The van der Waals surface area contributed by atoms with E-state index in [1.54, 1.807) is 4.80 Å². The van der Waals surface area contributed by atoms with E-state index in [-0.39, 0.29) is 5.41 Å². The van der Waals surface area contributed by atoms with Crippen LogP contribution < -0.4 is 0 Å². The van der Waals surface area contributed by atoms with Gasteiger partial charge in [0.2, 0.25) is 0 Å². The first kappa shape index (κ1) is 18.1. The Bertz CT molecular complexity index is 780. The summed E-state index contributed by atoms with van der Waals surface area (Å²) < 4.78 is 0. The maximum Gasteiger partial charge on any atom is 0.162 e. The van der Waals surface area contributed by atoms with Gasteiger partial charge >= 0.3 is 0 Å². The number of hydrogen-bond donors (Lipinski definition) is 0. The van der Waals surface area contributed by atoms with E-state index in [0.29, 0.717) is 0 Å². The van der Waals surface area contributed by atoms with Gasteiger partial charge in [0.15, 0.2) is 6.33 Å². The second-order valence-corrected chi connectivity index (χ2v) is 7.98. The molecule has 0 bridgehead atoms. The Morgan fingerprint density at radius 1 is 1.15 bits per heavy atom. The van der Waals surface area contributed by atoms with Gasteiger partial charge in [-0.1, -0.05) is 48.6 Å². The SMILES string of the molecule is CC1CCCN1CC[C@]1(CCn2ncnn2)C=CC(c2ccccc2)=CC1. The van der Waals surface area contributed by atoms with Gasteiger partial charge in [-0.15, -0.1) is 10.2 Å². The molecule has 0 amide bonds. The third-order valence-corrected chi connectivity index (χ3v) is 6.24. The lowest BCUT2D eigenvalue weighted by molar-refractivity contribution is 0.203. The van der Waals surface area contributed by atoms with E-state index in [2.05, 4.69) is 75.8 Å². The van der Waals surface area contributed by atoms with Crippen LogP contribution in [-0.2, 0) is 6.54 Å². The Balaban J connectivity index is 1.46. The highest BCUT2D eigenvalue weighted by Crippen LogP contribution is 2.40. The second kappa shape index (κ2) is 8.17. The number of allylic oxidation sites excluding steroid dienone is 4. The molecule has 2 atom stereocenters. The van der Waals surface area contributed by atoms with E-state index in [1.807, 2.05) is 0 Å². The van der Waals surface area contributed by atoms with E-state index < -0.39 is 0 Å². The Morgan fingerprint density at radius 2 is 2.00 bits per heavy atom. The smallest absolute Gasteiger partial charge is 0.162 e. The lowest BCUT2D eigenvalue weighted by atomic mass is 9.74. The Hall–Kier alpha value is -2.27. The zero-order valence-corrected chi connectivity index (χ0v) is 16.2. The van der Waals surface area contributed by atoms with Crippen molar-refractivity contribution in [2.75, 3.05) is 13.1 Å². The molecule has 1 aliphatic carbocycles. The minimum Gasteiger partial charge on any atom is -0.301 e. The first-order valence-corrected chi connectivity index (χ1v) is 10.1. The molecule has 2 heterocycles. The fraction of sp³-hybridized carbons (Fsp3) is 0.500. The maximum absolute atomic E-state index is 4.19. The molecule has 0 spiro atoms. The summed E-state index contributed by atoms with van der Waals surface area (Å²) in [5.74, 6) is 0. The average molecular weight is 364 g/mol. The van der Waals surface area contributed by atoms with Crippen LogP contribution in [0, 0.1) is 5.41 Å². The third-order valence-electron chi connectivity index (χ3n) is 6.24. The van der Waals surface area contributed by atoms with Gasteiger partial charge in [0.1, 0.15) is 0 Å². The van der Waals surface area contributed by atoms with Crippen LogP contribution in [0.3, 0.4) is 0 Å². The summed E-state index contributed by atoms with van der Waals surface area (Å²) in [4.78, 5) is 4.37. The summed E-state index contributed by atoms with van der Waals surface area (Å²) in [5.41, 5.74) is 2.81. The maximum atomic E-state index is 4.19. The summed E-state index contributed by atoms with van der Waals surface area (Å²) in [6, 6.07) is 11.4. The number of hydrogen-bond acceptors (Lipinski definition) is 4. The zero-order chi connectivity index (χ0) is 18.5. The minimum atomic E-state index is 0.175. The molecule has 1 unspecified atom stereocenters. The van der Waals surface area contributed by atoms with Gasteiger partial charge < -0.3 is 4.90 Å². The summed E-state index contributed by atoms with van der Waals surface area (Å²) >= 11 is 0. The van der Waals surface area contributed by atoms with Crippen LogP contribution in [0.15, 0.2) is 54.9 Å². The van der Waals surface area contributed by atoms with Crippen LogP contribution in [0.4, 0.5) is 0 Å². The predicted octanol–water partition coefficient (Wildman–Crippen LogP) is 3.97. The monoisotopic (exact) mass is 363 g/mol. The van der Waals surface area contributed by atoms with E-state index in [9.17, 15) is 0 Å². The average Bonchev–Trinajstić information content (AvgIpc) is 3.38.